The Hall–Kier alpha value is -2.25. The molecular formula is C21H23ClFN3O2S. The Morgan fingerprint density at radius 2 is 1.86 bits per heavy atom. The number of hydrogen-bond acceptors (Lipinski definition) is 3. The number of halogens is 2. The van der Waals surface area contributed by atoms with Crippen molar-refractivity contribution in [1.29, 1.82) is 0 Å². The molecule has 29 heavy (non-hydrogen) atoms. The summed E-state index contributed by atoms with van der Waals surface area (Å²) < 4.78 is 13.9. The summed E-state index contributed by atoms with van der Waals surface area (Å²) in [7, 11) is 1.57. The normalized spacial score (nSPS) is 13.8. The first-order valence-electron chi connectivity index (χ1n) is 9.33. The van der Waals surface area contributed by atoms with Crippen molar-refractivity contribution in [2.75, 3.05) is 37.0 Å². The predicted octanol–water partition coefficient (Wildman–Crippen LogP) is 4.26. The average molecular weight is 436 g/mol. The van der Waals surface area contributed by atoms with E-state index in [0.717, 1.165) is 30.2 Å². The van der Waals surface area contributed by atoms with Gasteiger partial charge >= 0.3 is 6.03 Å². The van der Waals surface area contributed by atoms with E-state index in [1.165, 1.54) is 17.0 Å². The van der Waals surface area contributed by atoms with Crippen LogP contribution in [0.15, 0.2) is 42.5 Å². The van der Waals surface area contributed by atoms with E-state index >= 15 is 0 Å². The molecule has 8 heteroatoms. The molecule has 0 aliphatic carbocycles. The van der Waals surface area contributed by atoms with E-state index in [2.05, 4.69) is 5.32 Å². The minimum absolute atomic E-state index is 0.0536. The Morgan fingerprint density at radius 1 is 1.17 bits per heavy atom. The summed E-state index contributed by atoms with van der Waals surface area (Å²) in [5, 5.41) is 3.05. The van der Waals surface area contributed by atoms with Crippen LogP contribution in [-0.4, -0.2) is 53.4 Å². The maximum absolute atomic E-state index is 13.9. The molecule has 0 atom stereocenters. The van der Waals surface area contributed by atoms with Crippen molar-refractivity contribution in [3.63, 3.8) is 0 Å². The van der Waals surface area contributed by atoms with E-state index in [9.17, 15) is 14.0 Å². The maximum Gasteiger partial charge on any atom is 0.321 e. The molecule has 154 valence electrons. The van der Waals surface area contributed by atoms with Crippen LogP contribution in [0.25, 0.3) is 0 Å². The van der Waals surface area contributed by atoms with Crippen LogP contribution in [0.4, 0.5) is 14.9 Å². The van der Waals surface area contributed by atoms with Gasteiger partial charge in [0.1, 0.15) is 5.82 Å². The summed E-state index contributed by atoms with van der Waals surface area (Å²) >= 11 is 7.89. The first-order valence-corrected chi connectivity index (χ1v) is 10.9. The van der Waals surface area contributed by atoms with Crippen molar-refractivity contribution in [3.8, 4) is 0 Å². The second kappa shape index (κ2) is 9.98. The molecule has 1 saturated heterocycles. The fourth-order valence-corrected chi connectivity index (χ4v) is 4.14. The summed E-state index contributed by atoms with van der Waals surface area (Å²) in [5.41, 5.74) is 1.78. The summed E-state index contributed by atoms with van der Waals surface area (Å²) in [4.78, 5) is 28.0. The molecule has 0 unspecified atom stereocenters. The molecule has 3 rings (SSSR count). The van der Waals surface area contributed by atoms with Crippen molar-refractivity contribution in [2.45, 2.75) is 13.0 Å². The number of nitrogens with one attached hydrogen (secondary N) is 1. The molecule has 1 N–H and O–H groups in total. The minimum atomic E-state index is -0.446. The predicted molar refractivity (Wildman–Crippen MR) is 116 cm³/mol. The van der Waals surface area contributed by atoms with E-state index in [1.807, 2.05) is 28.8 Å². The van der Waals surface area contributed by atoms with Crippen LogP contribution in [-0.2, 0) is 17.8 Å². The summed E-state index contributed by atoms with van der Waals surface area (Å²) in [6, 6.07) is 11.2. The van der Waals surface area contributed by atoms with Gasteiger partial charge in [-0.1, -0.05) is 29.8 Å². The zero-order chi connectivity index (χ0) is 20.8. The highest BCUT2D eigenvalue weighted by atomic mass is 35.5. The highest BCUT2D eigenvalue weighted by molar-refractivity contribution is 7.99. The molecule has 0 aromatic heterocycles. The van der Waals surface area contributed by atoms with Crippen LogP contribution in [0.1, 0.15) is 11.1 Å². The van der Waals surface area contributed by atoms with Gasteiger partial charge in [-0.05, 0) is 29.8 Å². The van der Waals surface area contributed by atoms with Crippen LogP contribution < -0.4 is 5.32 Å². The third kappa shape index (κ3) is 5.87. The number of carbonyl (C=O) groups is 2. The fourth-order valence-electron chi connectivity index (χ4n) is 3.02. The lowest BCUT2D eigenvalue weighted by Gasteiger charge is -2.26. The van der Waals surface area contributed by atoms with Gasteiger partial charge < -0.3 is 15.1 Å². The first-order chi connectivity index (χ1) is 13.9. The van der Waals surface area contributed by atoms with Gasteiger partial charge in [-0.3, -0.25) is 4.79 Å². The lowest BCUT2D eigenvalue weighted by Crippen LogP contribution is -2.38. The number of urea groups is 1. The lowest BCUT2D eigenvalue weighted by molar-refractivity contribution is -0.130. The number of anilines is 1. The third-order valence-corrected chi connectivity index (χ3v) is 6.02. The van der Waals surface area contributed by atoms with Crippen molar-refractivity contribution < 1.29 is 14.0 Å². The van der Waals surface area contributed by atoms with E-state index in [1.54, 1.807) is 25.2 Å². The molecule has 0 bridgehead atoms. The summed E-state index contributed by atoms with van der Waals surface area (Å²) in [6.07, 6.45) is 0.352. The maximum atomic E-state index is 13.9. The quantitative estimate of drug-likeness (QED) is 0.763. The molecule has 2 aromatic rings. The van der Waals surface area contributed by atoms with Crippen molar-refractivity contribution in [3.05, 3.63) is 64.4 Å². The highest BCUT2D eigenvalue weighted by Gasteiger charge is 2.17. The Labute approximate surface area is 179 Å². The molecule has 0 saturated carbocycles. The second-order valence-corrected chi connectivity index (χ2v) is 8.49. The van der Waals surface area contributed by atoms with Crippen molar-refractivity contribution in [2.24, 2.45) is 0 Å². The number of thioether (sulfide) groups is 1. The highest BCUT2D eigenvalue weighted by Crippen LogP contribution is 2.21. The number of benzene rings is 2. The molecule has 3 amide bonds. The van der Waals surface area contributed by atoms with Crippen LogP contribution in [0.3, 0.4) is 0 Å². The monoisotopic (exact) mass is 435 g/mol. The number of amides is 3. The first kappa shape index (κ1) is 21.5. The standard InChI is InChI=1S/C21H23ClFN3O2S/c1-25(14-17-18(22)3-2-4-19(17)23)21(28)24-16-7-5-15(6-8-16)13-20(27)26-9-11-29-12-10-26/h2-8H,9-14H2,1H3,(H,24,28). The molecule has 1 aliphatic heterocycles. The molecule has 0 radical (unpaired) electrons. The largest absolute Gasteiger partial charge is 0.341 e. The number of carbonyl (C=O) groups excluding carboxylic acids is 2. The van der Waals surface area contributed by atoms with Crippen LogP contribution in [0.2, 0.25) is 5.02 Å². The van der Waals surface area contributed by atoms with Gasteiger partial charge in [0.2, 0.25) is 5.91 Å². The third-order valence-electron chi connectivity index (χ3n) is 4.73. The molecule has 2 aromatic carbocycles. The van der Waals surface area contributed by atoms with Crippen LogP contribution >= 0.6 is 23.4 Å². The van der Waals surface area contributed by atoms with E-state index < -0.39 is 5.82 Å². The molecule has 0 spiro atoms. The van der Waals surface area contributed by atoms with Gasteiger partial charge in [-0.2, -0.15) is 11.8 Å². The lowest BCUT2D eigenvalue weighted by atomic mass is 10.1. The average Bonchev–Trinajstić information content (AvgIpc) is 2.72. The molecule has 1 aliphatic rings. The van der Waals surface area contributed by atoms with Gasteiger partial charge in [0, 0.05) is 47.9 Å². The molecule has 1 fully saturated rings. The topological polar surface area (TPSA) is 52.7 Å². The number of nitrogens with zero attached hydrogens (tertiary/aromatic N) is 2. The zero-order valence-corrected chi connectivity index (χ0v) is 17.7. The zero-order valence-electron chi connectivity index (χ0n) is 16.2. The second-order valence-electron chi connectivity index (χ2n) is 6.85. The number of hydrogen-bond donors (Lipinski definition) is 1. The van der Waals surface area contributed by atoms with Crippen LogP contribution in [0.5, 0.6) is 0 Å². The Bertz CT molecular complexity index is 852. The van der Waals surface area contributed by atoms with Crippen molar-refractivity contribution in [1.82, 2.24) is 9.80 Å². The smallest absolute Gasteiger partial charge is 0.321 e. The molecule has 5 nitrogen and oxygen atoms in total. The van der Waals surface area contributed by atoms with Gasteiger partial charge in [-0.15, -0.1) is 0 Å². The van der Waals surface area contributed by atoms with Gasteiger partial charge in [0.05, 0.1) is 13.0 Å². The van der Waals surface area contributed by atoms with Gasteiger partial charge in [-0.25, -0.2) is 9.18 Å². The van der Waals surface area contributed by atoms with Gasteiger partial charge in [0.25, 0.3) is 0 Å². The Kier molecular flexibility index (Phi) is 7.39. The van der Waals surface area contributed by atoms with Gasteiger partial charge in [0.15, 0.2) is 0 Å². The fraction of sp³-hybridized carbons (Fsp3) is 0.333. The Balaban J connectivity index is 1.54. The number of rotatable bonds is 5. The molecular weight excluding hydrogens is 413 g/mol. The summed E-state index contributed by atoms with van der Waals surface area (Å²) in [5.74, 6) is 1.66. The van der Waals surface area contributed by atoms with Crippen LogP contribution in [0, 0.1) is 5.82 Å². The SMILES string of the molecule is CN(Cc1c(F)cccc1Cl)C(=O)Nc1ccc(CC(=O)N2CCSCC2)cc1. The Morgan fingerprint density at radius 3 is 2.52 bits per heavy atom. The van der Waals surface area contributed by atoms with E-state index in [4.69, 9.17) is 11.6 Å². The van der Waals surface area contributed by atoms with Crippen molar-refractivity contribution >= 4 is 41.0 Å². The summed E-state index contributed by atoms with van der Waals surface area (Å²) in [6.45, 7) is 1.66. The molecule has 1 heterocycles. The van der Waals surface area contributed by atoms with E-state index in [-0.39, 0.29) is 29.1 Å². The minimum Gasteiger partial charge on any atom is -0.341 e. The van der Waals surface area contributed by atoms with E-state index in [0.29, 0.717) is 12.1 Å².